The number of para-hydroxylation sites is 1. The summed E-state index contributed by atoms with van der Waals surface area (Å²) in [5.74, 6) is 0.619. The van der Waals surface area contributed by atoms with Crippen molar-refractivity contribution in [1.82, 2.24) is 15.1 Å². The van der Waals surface area contributed by atoms with E-state index in [4.69, 9.17) is 4.74 Å². The van der Waals surface area contributed by atoms with E-state index in [0.29, 0.717) is 18.8 Å². The van der Waals surface area contributed by atoms with Crippen molar-refractivity contribution in [3.8, 4) is 5.75 Å². The van der Waals surface area contributed by atoms with E-state index in [2.05, 4.69) is 10.4 Å². The van der Waals surface area contributed by atoms with E-state index in [-0.39, 0.29) is 5.91 Å². The number of hydrogen-bond donors (Lipinski definition) is 1. The van der Waals surface area contributed by atoms with Gasteiger partial charge in [0.05, 0.1) is 5.69 Å². The van der Waals surface area contributed by atoms with Crippen LogP contribution in [0.3, 0.4) is 0 Å². The van der Waals surface area contributed by atoms with Gasteiger partial charge in [-0.2, -0.15) is 5.10 Å². The molecule has 1 heterocycles. The van der Waals surface area contributed by atoms with Crippen LogP contribution >= 0.6 is 0 Å². The van der Waals surface area contributed by atoms with E-state index >= 15 is 0 Å². The molecule has 0 spiro atoms. The number of aryl methyl sites for hydroxylation is 2. The summed E-state index contributed by atoms with van der Waals surface area (Å²) in [5.41, 5.74) is 3.40. The summed E-state index contributed by atoms with van der Waals surface area (Å²) >= 11 is 0. The van der Waals surface area contributed by atoms with Crippen molar-refractivity contribution in [2.45, 2.75) is 20.1 Å². The molecular weight excluding hydrogens is 314 g/mol. The largest absolute Gasteiger partial charge is 0.489 e. The number of carbonyl (C=O) groups is 1. The van der Waals surface area contributed by atoms with E-state index in [9.17, 15) is 4.79 Å². The van der Waals surface area contributed by atoms with Gasteiger partial charge in [-0.1, -0.05) is 48.5 Å². The summed E-state index contributed by atoms with van der Waals surface area (Å²) in [4.78, 5) is 12.3. The van der Waals surface area contributed by atoms with Crippen LogP contribution in [0.4, 0.5) is 0 Å². The highest BCUT2D eigenvalue weighted by Gasteiger charge is 2.12. The molecule has 0 aliphatic heterocycles. The predicted octanol–water partition coefficient (Wildman–Crippen LogP) is 3.24. The lowest BCUT2D eigenvalue weighted by molar-refractivity contribution is 0.0941. The topological polar surface area (TPSA) is 56.1 Å². The number of aromatic nitrogens is 2. The van der Waals surface area contributed by atoms with Gasteiger partial charge < -0.3 is 10.1 Å². The highest BCUT2D eigenvalue weighted by Crippen LogP contribution is 2.19. The van der Waals surface area contributed by atoms with E-state index in [0.717, 1.165) is 22.6 Å². The summed E-state index contributed by atoms with van der Waals surface area (Å²) in [6.45, 7) is 2.75. The summed E-state index contributed by atoms with van der Waals surface area (Å²) < 4.78 is 7.51. The van der Waals surface area contributed by atoms with Gasteiger partial charge in [-0.25, -0.2) is 0 Å². The van der Waals surface area contributed by atoms with Crippen LogP contribution in [0.1, 0.15) is 27.3 Å². The van der Waals surface area contributed by atoms with Gasteiger partial charge in [0.15, 0.2) is 0 Å². The molecule has 0 unspecified atom stereocenters. The van der Waals surface area contributed by atoms with Crippen molar-refractivity contribution >= 4 is 5.91 Å². The molecule has 1 aromatic heterocycles. The molecule has 25 heavy (non-hydrogen) atoms. The van der Waals surface area contributed by atoms with Crippen molar-refractivity contribution in [2.24, 2.45) is 7.05 Å². The highest BCUT2D eigenvalue weighted by molar-refractivity contribution is 5.92. The summed E-state index contributed by atoms with van der Waals surface area (Å²) in [5, 5.41) is 7.13. The Morgan fingerprint density at radius 2 is 1.84 bits per heavy atom. The normalized spacial score (nSPS) is 10.5. The van der Waals surface area contributed by atoms with E-state index < -0.39 is 0 Å². The first-order valence-electron chi connectivity index (χ1n) is 8.17. The highest BCUT2D eigenvalue weighted by atomic mass is 16.5. The molecule has 1 N–H and O–H groups in total. The molecule has 0 radical (unpaired) electrons. The number of amides is 1. The van der Waals surface area contributed by atoms with E-state index in [1.807, 2.05) is 61.5 Å². The minimum Gasteiger partial charge on any atom is -0.489 e. The lowest BCUT2D eigenvalue weighted by Gasteiger charge is -2.12. The van der Waals surface area contributed by atoms with Crippen LogP contribution in [0, 0.1) is 6.92 Å². The number of rotatable bonds is 6. The van der Waals surface area contributed by atoms with Gasteiger partial charge in [0.1, 0.15) is 18.1 Å². The second-order valence-corrected chi connectivity index (χ2v) is 5.86. The van der Waals surface area contributed by atoms with Crippen molar-refractivity contribution < 1.29 is 9.53 Å². The third kappa shape index (κ3) is 4.26. The number of ether oxygens (including phenoxy) is 1. The Hall–Kier alpha value is -3.08. The van der Waals surface area contributed by atoms with Crippen molar-refractivity contribution in [2.75, 3.05) is 0 Å². The minimum absolute atomic E-state index is 0.152. The third-order valence-electron chi connectivity index (χ3n) is 3.88. The molecule has 3 aromatic rings. The lowest BCUT2D eigenvalue weighted by Crippen LogP contribution is -2.25. The van der Waals surface area contributed by atoms with Gasteiger partial charge >= 0.3 is 0 Å². The Balaban J connectivity index is 1.64. The molecule has 0 fully saturated rings. The van der Waals surface area contributed by atoms with Crippen LogP contribution in [0.2, 0.25) is 0 Å². The number of carbonyl (C=O) groups excluding carboxylic acids is 1. The maximum Gasteiger partial charge on any atom is 0.269 e. The summed E-state index contributed by atoms with van der Waals surface area (Å²) in [6, 6.07) is 19.5. The number of benzene rings is 2. The molecule has 128 valence electrons. The molecule has 2 aromatic carbocycles. The van der Waals surface area contributed by atoms with Crippen molar-refractivity contribution in [3.05, 3.63) is 83.2 Å². The maximum atomic E-state index is 12.3. The van der Waals surface area contributed by atoms with Gasteiger partial charge in [0, 0.05) is 19.2 Å². The minimum atomic E-state index is -0.152. The molecule has 5 nitrogen and oxygen atoms in total. The first-order chi connectivity index (χ1) is 12.1. The number of nitrogens with zero attached hydrogens (tertiary/aromatic N) is 2. The van der Waals surface area contributed by atoms with Gasteiger partial charge in [-0.05, 0) is 24.6 Å². The number of nitrogens with one attached hydrogen (secondary N) is 1. The average Bonchev–Trinajstić information content (AvgIpc) is 2.98. The van der Waals surface area contributed by atoms with E-state index in [1.54, 1.807) is 17.8 Å². The zero-order valence-electron chi connectivity index (χ0n) is 14.4. The standard InChI is InChI=1S/C20H21N3O2/c1-15-12-18(23(2)22-15)20(24)21-13-17-10-6-7-11-19(17)25-14-16-8-4-3-5-9-16/h3-12H,13-14H2,1-2H3,(H,21,24). The van der Waals surface area contributed by atoms with Gasteiger partial charge in [0.2, 0.25) is 0 Å². The first-order valence-corrected chi connectivity index (χ1v) is 8.17. The Morgan fingerprint density at radius 1 is 1.12 bits per heavy atom. The average molecular weight is 335 g/mol. The fourth-order valence-electron chi connectivity index (χ4n) is 2.62. The van der Waals surface area contributed by atoms with Gasteiger partial charge in [0.25, 0.3) is 5.91 Å². The van der Waals surface area contributed by atoms with Crippen LogP contribution in [-0.2, 0) is 20.2 Å². The molecule has 0 aliphatic rings. The van der Waals surface area contributed by atoms with E-state index in [1.165, 1.54) is 0 Å². The second-order valence-electron chi connectivity index (χ2n) is 5.86. The molecular formula is C20H21N3O2. The molecule has 0 bridgehead atoms. The molecule has 0 saturated carbocycles. The molecule has 1 amide bonds. The first kappa shape index (κ1) is 16.8. The zero-order valence-corrected chi connectivity index (χ0v) is 14.4. The van der Waals surface area contributed by atoms with Crippen molar-refractivity contribution in [3.63, 3.8) is 0 Å². The van der Waals surface area contributed by atoms with Crippen LogP contribution in [0.15, 0.2) is 60.7 Å². The predicted molar refractivity (Wildman–Crippen MR) is 96.3 cm³/mol. The van der Waals surface area contributed by atoms with Crippen LogP contribution in [-0.4, -0.2) is 15.7 Å². The zero-order chi connectivity index (χ0) is 17.6. The Labute approximate surface area is 147 Å². The maximum absolute atomic E-state index is 12.3. The summed E-state index contributed by atoms with van der Waals surface area (Å²) in [7, 11) is 1.76. The second kappa shape index (κ2) is 7.66. The third-order valence-corrected chi connectivity index (χ3v) is 3.88. The smallest absolute Gasteiger partial charge is 0.269 e. The Morgan fingerprint density at radius 3 is 2.56 bits per heavy atom. The monoisotopic (exact) mass is 335 g/mol. The summed E-state index contributed by atoms with van der Waals surface area (Å²) in [6.07, 6.45) is 0. The molecule has 3 rings (SSSR count). The fraction of sp³-hybridized carbons (Fsp3) is 0.200. The Kier molecular flexibility index (Phi) is 5.14. The fourth-order valence-corrected chi connectivity index (χ4v) is 2.62. The molecule has 0 aliphatic carbocycles. The SMILES string of the molecule is Cc1cc(C(=O)NCc2ccccc2OCc2ccccc2)n(C)n1. The van der Waals surface area contributed by atoms with Crippen LogP contribution in [0.25, 0.3) is 0 Å². The van der Waals surface area contributed by atoms with Gasteiger partial charge in [-0.15, -0.1) is 0 Å². The quantitative estimate of drug-likeness (QED) is 0.752. The Bertz CT molecular complexity index is 856. The molecule has 0 atom stereocenters. The van der Waals surface area contributed by atoms with Crippen LogP contribution in [0.5, 0.6) is 5.75 Å². The van der Waals surface area contributed by atoms with Crippen LogP contribution < -0.4 is 10.1 Å². The molecule has 0 saturated heterocycles. The number of hydrogen-bond acceptors (Lipinski definition) is 3. The molecule has 5 heteroatoms. The van der Waals surface area contributed by atoms with Crippen molar-refractivity contribution in [1.29, 1.82) is 0 Å². The van der Waals surface area contributed by atoms with Gasteiger partial charge in [-0.3, -0.25) is 9.48 Å². The lowest BCUT2D eigenvalue weighted by atomic mass is 10.2.